The van der Waals surface area contributed by atoms with Crippen molar-refractivity contribution < 1.29 is 9.53 Å². The van der Waals surface area contributed by atoms with Gasteiger partial charge in [-0.2, -0.15) is 0 Å². The molecule has 4 rings (SSSR count). The van der Waals surface area contributed by atoms with Gasteiger partial charge in [0.25, 0.3) is 0 Å². The number of carbonyl (C=O) groups excluding carboxylic acids is 1. The normalized spacial score (nSPS) is 25.4. The molecule has 7 heteroatoms. The van der Waals surface area contributed by atoms with Gasteiger partial charge in [-0.3, -0.25) is 9.78 Å². The van der Waals surface area contributed by atoms with Crippen LogP contribution in [-0.4, -0.2) is 46.2 Å². The Hall–Kier alpha value is -2.54. The maximum Gasteiger partial charge on any atom is 0.249 e. The Balaban J connectivity index is 1.32. The fourth-order valence-electron chi connectivity index (χ4n) is 3.53. The average Bonchev–Trinajstić information content (AvgIpc) is 3.11. The van der Waals surface area contributed by atoms with Gasteiger partial charge in [0, 0.05) is 31.7 Å². The van der Waals surface area contributed by atoms with Crippen LogP contribution >= 0.6 is 0 Å². The van der Waals surface area contributed by atoms with Gasteiger partial charge in [0.2, 0.25) is 11.9 Å². The van der Waals surface area contributed by atoms with E-state index in [9.17, 15) is 4.79 Å². The summed E-state index contributed by atoms with van der Waals surface area (Å²) in [5.41, 5.74) is 0.846. The first-order valence-corrected chi connectivity index (χ1v) is 8.64. The molecule has 1 amide bonds. The van der Waals surface area contributed by atoms with Gasteiger partial charge < -0.3 is 15.0 Å². The van der Waals surface area contributed by atoms with Gasteiger partial charge in [-0.25, -0.2) is 9.97 Å². The van der Waals surface area contributed by atoms with Gasteiger partial charge in [-0.15, -0.1) is 0 Å². The van der Waals surface area contributed by atoms with Crippen LogP contribution in [0.15, 0.2) is 42.9 Å². The average molecular weight is 339 g/mol. The number of aromatic nitrogens is 3. The van der Waals surface area contributed by atoms with Crippen molar-refractivity contribution in [3.05, 3.63) is 48.5 Å². The van der Waals surface area contributed by atoms with Crippen molar-refractivity contribution in [2.24, 2.45) is 5.92 Å². The molecule has 25 heavy (non-hydrogen) atoms. The van der Waals surface area contributed by atoms with E-state index < -0.39 is 0 Å². The molecule has 7 nitrogen and oxygen atoms in total. The lowest BCUT2D eigenvalue weighted by atomic mass is 9.92. The molecule has 2 aromatic rings. The summed E-state index contributed by atoms with van der Waals surface area (Å²) in [5, 5.41) is 2.93. The number of fused-ring (bicyclic) bond motifs is 1. The summed E-state index contributed by atoms with van der Waals surface area (Å²) in [6, 6.07) is 7.48. The van der Waals surface area contributed by atoms with Crippen LogP contribution in [0.2, 0.25) is 0 Å². The summed E-state index contributed by atoms with van der Waals surface area (Å²) < 4.78 is 6.04. The first-order valence-electron chi connectivity index (χ1n) is 8.64. The molecule has 3 atom stereocenters. The van der Waals surface area contributed by atoms with Crippen molar-refractivity contribution in [1.29, 1.82) is 0 Å². The standard InChI is InChI=1S/C18H21N5O2/c24-17(22-11-14-4-1-2-6-19-14)15-10-13-5-9-23(12-16(13)25-15)18-20-7-3-8-21-18/h1-4,6-8,13,15-16H,5,9-12H2,(H,22,24)/t13-,15-,16+/m0/s1. The summed E-state index contributed by atoms with van der Waals surface area (Å²) in [5.74, 6) is 1.10. The molecule has 2 fully saturated rings. The lowest BCUT2D eigenvalue weighted by Gasteiger charge is -2.33. The number of pyridine rings is 1. The number of amides is 1. The largest absolute Gasteiger partial charge is 0.363 e. The molecule has 0 aromatic carbocycles. The second-order valence-corrected chi connectivity index (χ2v) is 6.48. The summed E-state index contributed by atoms with van der Waals surface area (Å²) >= 11 is 0. The third kappa shape index (κ3) is 3.61. The summed E-state index contributed by atoms with van der Waals surface area (Å²) in [6.07, 6.45) is 6.67. The maximum atomic E-state index is 12.4. The minimum atomic E-state index is -0.379. The zero-order valence-electron chi connectivity index (χ0n) is 13.9. The molecule has 2 saturated heterocycles. The molecule has 1 N–H and O–H groups in total. The van der Waals surface area contributed by atoms with Crippen LogP contribution in [0.1, 0.15) is 18.5 Å². The van der Waals surface area contributed by atoms with Gasteiger partial charge in [0.1, 0.15) is 6.10 Å². The number of hydrogen-bond acceptors (Lipinski definition) is 6. The zero-order chi connectivity index (χ0) is 17.1. The lowest BCUT2D eigenvalue weighted by Crippen LogP contribution is -2.43. The maximum absolute atomic E-state index is 12.4. The van der Waals surface area contributed by atoms with Crippen LogP contribution in [-0.2, 0) is 16.1 Å². The van der Waals surface area contributed by atoms with Crippen LogP contribution in [0, 0.1) is 5.92 Å². The fraction of sp³-hybridized carbons (Fsp3) is 0.444. The zero-order valence-corrected chi connectivity index (χ0v) is 13.9. The third-order valence-electron chi connectivity index (χ3n) is 4.85. The Bertz CT molecular complexity index is 712. The molecule has 130 valence electrons. The summed E-state index contributed by atoms with van der Waals surface area (Å²) in [7, 11) is 0. The van der Waals surface area contributed by atoms with Crippen LogP contribution in [0.25, 0.3) is 0 Å². The summed E-state index contributed by atoms with van der Waals surface area (Å²) in [4.78, 5) is 27.4. The highest BCUT2D eigenvalue weighted by Crippen LogP contribution is 2.34. The summed E-state index contributed by atoms with van der Waals surface area (Å²) in [6.45, 7) is 2.06. The highest BCUT2D eigenvalue weighted by molar-refractivity contribution is 5.81. The van der Waals surface area contributed by atoms with Crippen LogP contribution < -0.4 is 10.2 Å². The van der Waals surface area contributed by atoms with Gasteiger partial charge in [0.05, 0.1) is 18.3 Å². The van der Waals surface area contributed by atoms with Gasteiger partial charge >= 0.3 is 0 Å². The molecule has 0 radical (unpaired) electrons. The molecule has 2 aliphatic rings. The first-order chi connectivity index (χ1) is 12.3. The van der Waals surface area contributed by atoms with Crippen molar-refractivity contribution in [2.75, 3.05) is 18.0 Å². The molecule has 0 saturated carbocycles. The molecule has 2 aromatic heterocycles. The molecule has 2 aliphatic heterocycles. The van der Waals surface area contributed by atoms with E-state index in [0.29, 0.717) is 12.5 Å². The van der Waals surface area contributed by atoms with Crippen molar-refractivity contribution in [1.82, 2.24) is 20.3 Å². The van der Waals surface area contributed by atoms with Gasteiger partial charge in [0.15, 0.2) is 0 Å². The van der Waals surface area contributed by atoms with E-state index in [1.807, 2.05) is 24.3 Å². The van der Waals surface area contributed by atoms with Gasteiger partial charge in [-0.1, -0.05) is 6.07 Å². The van der Waals surface area contributed by atoms with Crippen LogP contribution in [0.4, 0.5) is 5.95 Å². The first kappa shape index (κ1) is 16.0. The molecule has 0 aliphatic carbocycles. The van der Waals surface area contributed by atoms with E-state index >= 15 is 0 Å². The minimum Gasteiger partial charge on any atom is -0.363 e. The molecule has 0 bridgehead atoms. The van der Waals surface area contributed by atoms with Crippen LogP contribution in [0.3, 0.4) is 0 Å². The lowest BCUT2D eigenvalue weighted by molar-refractivity contribution is -0.132. The predicted molar refractivity (Wildman–Crippen MR) is 91.7 cm³/mol. The number of ether oxygens (including phenoxy) is 1. The van der Waals surface area contributed by atoms with E-state index in [1.165, 1.54) is 0 Å². The second kappa shape index (κ2) is 7.14. The van der Waals surface area contributed by atoms with Gasteiger partial charge in [-0.05, 0) is 37.0 Å². The van der Waals surface area contributed by atoms with E-state index in [2.05, 4.69) is 25.2 Å². The number of nitrogens with zero attached hydrogens (tertiary/aromatic N) is 4. The van der Waals surface area contributed by atoms with Crippen molar-refractivity contribution in [2.45, 2.75) is 31.6 Å². The Morgan fingerprint density at radius 1 is 1.20 bits per heavy atom. The predicted octanol–water partition coefficient (Wildman–Crippen LogP) is 1.17. The number of rotatable bonds is 4. The number of nitrogens with one attached hydrogen (secondary N) is 1. The number of carbonyl (C=O) groups is 1. The number of piperidine rings is 1. The Kier molecular flexibility index (Phi) is 4.56. The van der Waals surface area contributed by atoms with E-state index in [4.69, 9.17) is 4.74 Å². The SMILES string of the molecule is O=C(NCc1ccccn1)[C@@H]1C[C@@H]2CCN(c3ncccn3)C[C@H]2O1. The number of anilines is 1. The van der Waals surface area contributed by atoms with Crippen molar-refractivity contribution >= 4 is 11.9 Å². The monoisotopic (exact) mass is 339 g/mol. The van der Waals surface area contributed by atoms with E-state index in [1.54, 1.807) is 18.6 Å². The molecule has 0 spiro atoms. The van der Waals surface area contributed by atoms with E-state index in [-0.39, 0.29) is 18.1 Å². The quantitative estimate of drug-likeness (QED) is 0.901. The fourth-order valence-corrected chi connectivity index (χ4v) is 3.53. The molecule has 0 unspecified atom stereocenters. The smallest absolute Gasteiger partial charge is 0.249 e. The van der Waals surface area contributed by atoms with Crippen LogP contribution in [0.5, 0.6) is 0 Å². The molecular formula is C18H21N5O2. The van der Waals surface area contributed by atoms with E-state index in [0.717, 1.165) is 37.6 Å². The second-order valence-electron chi connectivity index (χ2n) is 6.48. The third-order valence-corrected chi connectivity index (χ3v) is 4.85. The Labute approximate surface area is 146 Å². The molecule has 4 heterocycles. The Morgan fingerprint density at radius 2 is 2.04 bits per heavy atom. The van der Waals surface area contributed by atoms with Crippen molar-refractivity contribution in [3.8, 4) is 0 Å². The van der Waals surface area contributed by atoms with Crippen molar-refractivity contribution in [3.63, 3.8) is 0 Å². The topological polar surface area (TPSA) is 80.2 Å². The minimum absolute atomic E-state index is 0.0532. The molecular weight excluding hydrogens is 318 g/mol. The highest BCUT2D eigenvalue weighted by atomic mass is 16.5. The Morgan fingerprint density at radius 3 is 2.84 bits per heavy atom. The number of hydrogen-bond donors (Lipinski definition) is 1. The highest BCUT2D eigenvalue weighted by Gasteiger charge is 2.42.